The van der Waals surface area contributed by atoms with E-state index in [2.05, 4.69) is 27.6 Å². The third-order valence-corrected chi connectivity index (χ3v) is 4.51. The van der Waals surface area contributed by atoms with Crippen LogP contribution in [-0.4, -0.2) is 16.1 Å². The van der Waals surface area contributed by atoms with Gasteiger partial charge in [-0.2, -0.15) is 5.10 Å². The highest BCUT2D eigenvalue weighted by molar-refractivity contribution is 6.05. The van der Waals surface area contributed by atoms with Crippen molar-refractivity contribution in [3.8, 4) is 0 Å². The number of aromatic nitrogens is 2. The fourth-order valence-electron chi connectivity index (χ4n) is 3.18. The summed E-state index contributed by atoms with van der Waals surface area (Å²) in [7, 11) is 0. The summed E-state index contributed by atoms with van der Waals surface area (Å²) in [5.74, 6) is -0.107. The minimum atomic E-state index is -0.107. The summed E-state index contributed by atoms with van der Waals surface area (Å²) in [4.78, 5) is 13.0. The predicted octanol–water partition coefficient (Wildman–Crippen LogP) is 4.28. The zero-order chi connectivity index (χ0) is 17.8. The molecule has 1 heterocycles. The standard InChI is InChI=1S/C22H19N3O/c26-22(19-13-7-12-18-15-23-25-21(18)19)24-20(17-10-5-2-6-11-17)14-16-8-3-1-4-9-16/h1-13,15,20H,14H2,(H,23,25)(H,24,26)/t20-/m1/s1. The second-order valence-electron chi connectivity index (χ2n) is 6.27. The fourth-order valence-corrected chi connectivity index (χ4v) is 3.18. The van der Waals surface area contributed by atoms with Crippen molar-refractivity contribution in [2.75, 3.05) is 0 Å². The van der Waals surface area contributed by atoms with Crippen molar-refractivity contribution in [2.45, 2.75) is 12.5 Å². The fraction of sp³-hybridized carbons (Fsp3) is 0.0909. The summed E-state index contributed by atoms with van der Waals surface area (Å²) in [6.07, 6.45) is 2.46. The normalized spacial score (nSPS) is 12.0. The molecular weight excluding hydrogens is 322 g/mol. The molecule has 0 aliphatic carbocycles. The minimum absolute atomic E-state index is 0.107. The van der Waals surface area contributed by atoms with E-state index in [4.69, 9.17) is 0 Å². The molecule has 0 radical (unpaired) electrons. The first-order valence-corrected chi connectivity index (χ1v) is 8.63. The molecule has 4 heteroatoms. The van der Waals surface area contributed by atoms with Crippen LogP contribution in [-0.2, 0) is 6.42 Å². The first-order valence-electron chi connectivity index (χ1n) is 8.63. The maximum Gasteiger partial charge on any atom is 0.253 e. The van der Waals surface area contributed by atoms with Crippen LogP contribution >= 0.6 is 0 Å². The van der Waals surface area contributed by atoms with Crippen LogP contribution in [0.1, 0.15) is 27.5 Å². The van der Waals surface area contributed by atoms with E-state index in [0.29, 0.717) is 5.56 Å². The van der Waals surface area contributed by atoms with E-state index in [9.17, 15) is 4.79 Å². The van der Waals surface area contributed by atoms with Gasteiger partial charge < -0.3 is 5.32 Å². The van der Waals surface area contributed by atoms with E-state index >= 15 is 0 Å². The van der Waals surface area contributed by atoms with Crippen LogP contribution in [0, 0.1) is 0 Å². The highest BCUT2D eigenvalue weighted by Gasteiger charge is 2.18. The van der Waals surface area contributed by atoms with Crippen LogP contribution in [0.4, 0.5) is 0 Å². The summed E-state index contributed by atoms with van der Waals surface area (Å²) < 4.78 is 0. The number of rotatable bonds is 5. The quantitative estimate of drug-likeness (QED) is 0.569. The average molecular weight is 341 g/mol. The van der Waals surface area contributed by atoms with Gasteiger partial charge >= 0.3 is 0 Å². The van der Waals surface area contributed by atoms with Gasteiger partial charge in [0.1, 0.15) is 0 Å². The monoisotopic (exact) mass is 341 g/mol. The predicted molar refractivity (Wildman–Crippen MR) is 103 cm³/mol. The number of hydrogen-bond donors (Lipinski definition) is 2. The van der Waals surface area contributed by atoms with Gasteiger partial charge in [-0.15, -0.1) is 0 Å². The van der Waals surface area contributed by atoms with Crippen molar-refractivity contribution in [2.24, 2.45) is 0 Å². The number of carbonyl (C=O) groups is 1. The van der Waals surface area contributed by atoms with E-state index in [1.165, 1.54) is 5.56 Å². The van der Waals surface area contributed by atoms with Crippen molar-refractivity contribution in [3.05, 3.63) is 102 Å². The van der Waals surface area contributed by atoms with Crippen molar-refractivity contribution in [1.82, 2.24) is 15.5 Å². The first kappa shape index (κ1) is 16.1. The van der Waals surface area contributed by atoms with E-state index in [0.717, 1.165) is 22.9 Å². The van der Waals surface area contributed by atoms with Crippen LogP contribution in [0.2, 0.25) is 0 Å². The lowest BCUT2D eigenvalue weighted by atomic mass is 9.98. The lowest BCUT2D eigenvalue weighted by Crippen LogP contribution is -2.30. The Kier molecular flexibility index (Phi) is 4.48. The third-order valence-electron chi connectivity index (χ3n) is 4.51. The van der Waals surface area contributed by atoms with Crippen molar-refractivity contribution < 1.29 is 4.79 Å². The van der Waals surface area contributed by atoms with Gasteiger partial charge in [0.2, 0.25) is 0 Å². The summed E-state index contributed by atoms with van der Waals surface area (Å²) in [5, 5.41) is 11.1. The summed E-state index contributed by atoms with van der Waals surface area (Å²) in [6.45, 7) is 0. The number of nitrogens with zero attached hydrogens (tertiary/aromatic N) is 1. The van der Waals surface area contributed by atoms with Crippen LogP contribution in [0.15, 0.2) is 85.1 Å². The Morgan fingerprint density at radius 2 is 1.65 bits per heavy atom. The minimum Gasteiger partial charge on any atom is -0.345 e. The number of carbonyl (C=O) groups excluding carboxylic acids is 1. The number of aromatic amines is 1. The second kappa shape index (κ2) is 7.23. The molecule has 3 aromatic carbocycles. The highest BCUT2D eigenvalue weighted by atomic mass is 16.1. The number of para-hydroxylation sites is 1. The zero-order valence-corrected chi connectivity index (χ0v) is 14.2. The molecule has 4 aromatic rings. The highest BCUT2D eigenvalue weighted by Crippen LogP contribution is 2.21. The number of hydrogen-bond acceptors (Lipinski definition) is 2. The molecule has 0 saturated carbocycles. The van der Waals surface area contributed by atoms with Gasteiger partial charge in [0.15, 0.2) is 0 Å². The maximum atomic E-state index is 13.0. The molecule has 0 aliphatic rings. The summed E-state index contributed by atoms with van der Waals surface area (Å²) in [6, 6.07) is 25.8. The smallest absolute Gasteiger partial charge is 0.253 e. The molecule has 26 heavy (non-hydrogen) atoms. The van der Waals surface area contributed by atoms with Gasteiger partial charge in [0.05, 0.1) is 23.3 Å². The first-order chi connectivity index (χ1) is 12.8. The van der Waals surface area contributed by atoms with E-state index in [1.54, 1.807) is 6.20 Å². The molecule has 0 spiro atoms. The Hall–Kier alpha value is -3.40. The second-order valence-corrected chi connectivity index (χ2v) is 6.27. The molecule has 1 aromatic heterocycles. The average Bonchev–Trinajstić information content (AvgIpc) is 3.18. The van der Waals surface area contributed by atoms with Gasteiger partial charge in [0, 0.05) is 5.39 Å². The molecule has 128 valence electrons. The van der Waals surface area contributed by atoms with Crippen molar-refractivity contribution in [3.63, 3.8) is 0 Å². The Balaban J connectivity index is 1.64. The SMILES string of the molecule is O=C(N[C@H](Cc1ccccc1)c1ccccc1)c1cccc2cn[nH]c12. The Labute approximate surface area is 151 Å². The molecular formula is C22H19N3O. The molecule has 0 saturated heterocycles. The Morgan fingerprint density at radius 3 is 2.42 bits per heavy atom. The molecule has 4 rings (SSSR count). The molecule has 2 N–H and O–H groups in total. The Bertz CT molecular complexity index is 1010. The molecule has 4 nitrogen and oxygen atoms in total. The zero-order valence-electron chi connectivity index (χ0n) is 14.2. The largest absolute Gasteiger partial charge is 0.345 e. The Morgan fingerprint density at radius 1 is 0.923 bits per heavy atom. The lowest BCUT2D eigenvalue weighted by molar-refractivity contribution is 0.0938. The van der Waals surface area contributed by atoms with E-state index < -0.39 is 0 Å². The van der Waals surface area contributed by atoms with Gasteiger partial charge in [-0.1, -0.05) is 72.8 Å². The van der Waals surface area contributed by atoms with Crippen LogP contribution < -0.4 is 5.32 Å². The molecule has 1 atom stereocenters. The summed E-state index contributed by atoms with van der Waals surface area (Å²) in [5.41, 5.74) is 3.63. The molecule has 0 bridgehead atoms. The number of amides is 1. The molecule has 0 aliphatic heterocycles. The van der Waals surface area contributed by atoms with E-state index in [1.807, 2.05) is 66.7 Å². The molecule has 1 amide bonds. The summed E-state index contributed by atoms with van der Waals surface area (Å²) >= 11 is 0. The molecule has 0 unspecified atom stereocenters. The number of fused-ring (bicyclic) bond motifs is 1. The van der Waals surface area contributed by atoms with Crippen LogP contribution in [0.25, 0.3) is 10.9 Å². The maximum absolute atomic E-state index is 13.0. The van der Waals surface area contributed by atoms with Gasteiger partial charge in [-0.05, 0) is 23.6 Å². The van der Waals surface area contributed by atoms with E-state index in [-0.39, 0.29) is 11.9 Å². The lowest BCUT2D eigenvalue weighted by Gasteiger charge is -2.20. The van der Waals surface area contributed by atoms with Crippen LogP contribution in [0.3, 0.4) is 0 Å². The van der Waals surface area contributed by atoms with Gasteiger partial charge in [-0.3, -0.25) is 9.89 Å². The number of benzene rings is 3. The number of H-pyrrole nitrogens is 1. The third kappa shape index (κ3) is 3.35. The topological polar surface area (TPSA) is 57.8 Å². The van der Waals surface area contributed by atoms with Crippen molar-refractivity contribution >= 4 is 16.8 Å². The number of nitrogens with one attached hydrogen (secondary N) is 2. The molecule has 0 fully saturated rings. The van der Waals surface area contributed by atoms with Gasteiger partial charge in [0.25, 0.3) is 5.91 Å². The van der Waals surface area contributed by atoms with Crippen LogP contribution in [0.5, 0.6) is 0 Å². The van der Waals surface area contributed by atoms with Gasteiger partial charge in [-0.25, -0.2) is 0 Å². The van der Waals surface area contributed by atoms with Crippen molar-refractivity contribution in [1.29, 1.82) is 0 Å².